The number of aliphatic hydroxyl groups is 1. The van der Waals surface area contributed by atoms with Crippen LogP contribution in [0.1, 0.15) is 32.8 Å². The lowest BCUT2D eigenvalue weighted by molar-refractivity contribution is -0.136. The molecule has 0 atom stereocenters. The fourth-order valence-electron chi connectivity index (χ4n) is 2.93. The third kappa shape index (κ3) is 2.94. The Labute approximate surface area is 142 Å². The van der Waals surface area contributed by atoms with Crippen molar-refractivity contribution in [3.8, 4) is 0 Å². The lowest BCUT2D eigenvalue weighted by Gasteiger charge is -2.35. The fourth-order valence-corrected chi connectivity index (χ4v) is 2.93. The van der Waals surface area contributed by atoms with Crippen LogP contribution in [0.4, 0.5) is 5.69 Å². The Morgan fingerprint density at radius 2 is 1.83 bits per heavy atom. The zero-order valence-electron chi connectivity index (χ0n) is 14.7. The lowest BCUT2D eigenvalue weighted by atomic mass is 9.94. The zero-order valence-corrected chi connectivity index (χ0v) is 14.7. The minimum atomic E-state index is -0.855. The van der Waals surface area contributed by atoms with E-state index in [2.05, 4.69) is 0 Å². The summed E-state index contributed by atoms with van der Waals surface area (Å²) in [6, 6.07) is 7.68. The lowest BCUT2D eigenvalue weighted by Crippen LogP contribution is -2.42. The number of ether oxygens (including phenoxy) is 1. The number of ketones is 1. The molecular weight excluding hydrogens is 306 g/mol. The summed E-state index contributed by atoms with van der Waals surface area (Å²) in [5.41, 5.74) is 1.48. The summed E-state index contributed by atoms with van der Waals surface area (Å²) < 4.78 is 4.83. The van der Waals surface area contributed by atoms with Crippen molar-refractivity contribution >= 4 is 17.4 Å². The van der Waals surface area contributed by atoms with Crippen LogP contribution >= 0.6 is 0 Å². The van der Waals surface area contributed by atoms with Gasteiger partial charge in [0.2, 0.25) is 0 Å². The number of rotatable bonds is 4. The monoisotopic (exact) mass is 329 g/mol. The molecule has 5 nitrogen and oxygen atoms in total. The number of aryl methyl sites for hydroxylation is 1. The van der Waals surface area contributed by atoms with E-state index in [1.165, 1.54) is 13.2 Å². The van der Waals surface area contributed by atoms with Crippen molar-refractivity contribution in [2.24, 2.45) is 0 Å². The first-order chi connectivity index (χ1) is 11.2. The van der Waals surface area contributed by atoms with E-state index in [9.17, 15) is 14.7 Å². The van der Waals surface area contributed by atoms with Crippen molar-refractivity contribution in [3.63, 3.8) is 0 Å². The highest BCUT2D eigenvalue weighted by Gasteiger charge is 2.47. The third-order valence-electron chi connectivity index (χ3n) is 4.22. The highest BCUT2D eigenvalue weighted by Crippen LogP contribution is 2.44. The summed E-state index contributed by atoms with van der Waals surface area (Å²) in [5, 5.41) is 10.6. The zero-order chi connectivity index (χ0) is 18.1. The second-order valence-electron chi connectivity index (χ2n) is 6.29. The molecule has 0 unspecified atom stereocenters. The van der Waals surface area contributed by atoms with Gasteiger partial charge in [-0.1, -0.05) is 24.6 Å². The molecule has 5 heteroatoms. The predicted molar refractivity (Wildman–Crippen MR) is 92.8 cm³/mol. The van der Waals surface area contributed by atoms with Crippen molar-refractivity contribution in [1.82, 2.24) is 0 Å². The summed E-state index contributed by atoms with van der Waals surface area (Å²) in [4.78, 5) is 25.9. The molecule has 0 saturated heterocycles. The van der Waals surface area contributed by atoms with Gasteiger partial charge in [0.25, 0.3) is 0 Å². The molecule has 2 rings (SSSR count). The van der Waals surface area contributed by atoms with Gasteiger partial charge in [0.05, 0.1) is 18.3 Å². The maximum Gasteiger partial charge on any atom is 0.339 e. The average Bonchev–Trinajstić information content (AvgIpc) is 2.73. The first kappa shape index (κ1) is 17.8. The first-order valence-corrected chi connectivity index (χ1v) is 7.87. The molecule has 128 valence electrons. The molecule has 0 aromatic heterocycles. The van der Waals surface area contributed by atoms with E-state index in [-0.39, 0.29) is 17.1 Å². The molecule has 1 aromatic carbocycles. The summed E-state index contributed by atoms with van der Waals surface area (Å²) >= 11 is 0. The molecule has 1 aliphatic heterocycles. The van der Waals surface area contributed by atoms with Gasteiger partial charge in [0.15, 0.2) is 11.5 Å². The Morgan fingerprint density at radius 1 is 1.25 bits per heavy atom. The van der Waals surface area contributed by atoms with Crippen LogP contribution in [0, 0.1) is 6.92 Å². The second kappa shape index (κ2) is 6.51. The number of allylic oxidation sites excluding steroid dienone is 1. The molecule has 0 fully saturated rings. The number of esters is 1. The number of methoxy groups -OCH3 is 1. The van der Waals surface area contributed by atoms with Gasteiger partial charge in [0, 0.05) is 18.2 Å². The number of carbonyl (C=O) groups excluding carboxylic acids is 2. The Morgan fingerprint density at radius 3 is 2.33 bits per heavy atom. The highest BCUT2D eigenvalue weighted by atomic mass is 16.5. The van der Waals surface area contributed by atoms with Gasteiger partial charge >= 0.3 is 5.97 Å². The Kier molecular flexibility index (Phi) is 4.83. The molecule has 1 N–H and O–H groups in total. The van der Waals surface area contributed by atoms with E-state index < -0.39 is 11.5 Å². The molecule has 24 heavy (non-hydrogen) atoms. The van der Waals surface area contributed by atoms with Gasteiger partial charge in [-0.05, 0) is 32.9 Å². The van der Waals surface area contributed by atoms with Gasteiger partial charge in [0.1, 0.15) is 5.57 Å². The smallest absolute Gasteiger partial charge is 0.339 e. The molecule has 1 aliphatic rings. The number of anilines is 1. The van der Waals surface area contributed by atoms with Gasteiger partial charge in [-0.15, -0.1) is 0 Å². The van der Waals surface area contributed by atoms with E-state index in [1.807, 2.05) is 45.0 Å². The molecule has 0 bridgehead atoms. The fraction of sp³-hybridized carbons (Fsp3) is 0.368. The molecule has 0 radical (unpaired) electrons. The standard InChI is InChI=1S/C19H23NO4/c1-6-14(21)11-15-17(22)16(18(23)24-5)19(3,4)20(15)13-9-7-12(2)8-10-13/h7-11,22H,6H2,1-5H3/b15-11+. The van der Waals surface area contributed by atoms with Crippen molar-refractivity contribution in [2.45, 2.75) is 39.7 Å². The van der Waals surface area contributed by atoms with E-state index in [0.717, 1.165) is 11.3 Å². The quantitative estimate of drug-likeness (QED) is 0.677. The SMILES string of the molecule is CCC(=O)/C=C1\C(O)=C(C(=O)OC)C(C)(C)N1c1ccc(C)cc1. The number of nitrogens with zero attached hydrogens (tertiary/aromatic N) is 1. The van der Waals surface area contributed by atoms with Crippen LogP contribution in [-0.4, -0.2) is 29.5 Å². The van der Waals surface area contributed by atoms with E-state index in [4.69, 9.17) is 4.74 Å². The topological polar surface area (TPSA) is 66.8 Å². The summed E-state index contributed by atoms with van der Waals surface area (Å²) in [7, 11) is 1.27. The van der Waals surface area contributed by atoms with Gasteiger partial charge in [-0.3, -0.25) is 4.79 Å². The minimum absolute atomic E-state index is 0.129. The van der Waals surface area contributed by atoms with Crippen molar-refractivity contribution < 1.29 is 19.4 Å². The normalized spacial score (nSPS) is 18.2. The summed E-state index contributed by atoms with van der Waals surface area (Å²) in [6.07, 6.45) is 1.69. The van der Waals surface area contributed by atoms with Crippen LogP contribution in [-0.2, 0) is 14.3 Å². The molecular formula is C19H23NO4. The molecule has 0 aliphatic carbocycles. The average molecular weight is 329 g/mol. The van der Waals surface area contributed by atoms with Crippen LogP contribution in [0.5, 0.6) is 0 Å². The van der Waals surface area contributed by atoms with Crippen molar-refractivity contribution in [1.29, 1.82) is 0 Å². The maximum absolute atomic E-state index is 12.2. The largest absolute Gasteiger partial charge is 0.505 e. The predicted octanol–water partition coefficient (Wildman–Crippen LogP) is 3.44. The molecule has 0 spiro atoms. The van der Waals surface area contributed by atoms with E-state index >= 15 is 0 Å². The van der Waals surface area contributed by atoms with E-state index in [0.29, 0.717) is 12.1 Å². The molecule has 0 saturated carbocycles. The van der Waals surface area contributed by atoms with Crippen LogP contribution in [0.15, 0.2) is 47.4 Å². The molecule has 0 amide bonds. The number of benzene rings is 1. The number of aliphatic hydroxyl groups excluding tert-OH is 1. The van der Waals surface area contributed by atoms with Crippen LogP contribution in [0.3, 0.4) is 0 Å². The van der Waals surface area contributed by atoms with Crippen LogP contribution in [0.25, 0.3) is 0 Å². The van der Waals surface area contributed by atoms with Gasteiger partial charge in [-0.2, -0.15) is 0 Å². The number of hydrogen-bond donors (Lipinski definition) is 1. The third-order valence-corrected chi connectivity index (χ3v) is 4.22. The number of hydrogen-bond acceptors (Lipinski definition) is 5. The maximum atomic E-state index is 12.2. The summed E-state index contributed by atoms with van der Waals surface area (Å²) in [6.45, 7) is 7.35. The first-order valence-electron chi connectivity index (χ1n) is 7.87. The van der Waals surface area contributed by atoms with Crippen molar-refractivity contribution in [3.05, 3.63) is 52.9 Å². The van der Waals surface area contributed by atoms with Gasteiger partial charge < -0.3 is 14.7 Å². The van der Waals surface area contributed by atoms with Crippen molar-refractivity contribution in [2.75, 3.05) is 12.0 Å². The van der Waals surface area contributed by atoms with Gasteiger partial charge in [-0.25, -0.2) is 4.79 Å². The Hall–Kier alpha value is -2.56. The van der Waals surface area contributed by atoms with E-state index in [1.54, 1.807) is 11.8 Å². The summed E-state index contributed by atoms with van der Waals surface area (Å²) in [5.74, 6) is -0.952. The molecule has 1 heterocycles. The number of carbonyl (C=O) groups is 2. The molecule has 1 aromatic rings. The Bertz CT molecular complexity index is 726. The van der Waals surface area contributed by atoms with Crippen LogP contribution in [0.2, 0.25) is 0 Å². The highest BCUT2D eigenvalue weighted by molar-refractivity contribution is 5.98. The minimum Gasteiger partial charge on any atom is -0.505 e. The van der Waals surface area contributed by atoms with Crippen LogP contribution < -0.4 is 4.90 Å². The second-order valence-corrected chi connectivity index (χ2v) is 6.29. The Balaban J connectivity index is 2.67.